The van der Waals surface area contributed by atoms with Gasteiger partial charge in [-0.3, -0.25) is 39.9 Å². The molecule has 0 spiro atoms. The molecule has 0 atom stereocenters. The van der Waals surface area contributed by atoms with E-state index in [-0.39, 0.29) is 39.0 Å². The van der Waals surface area contributed by atoms with Crippen molar-refractivity contribution in [3.05, 3.63) is 404 Å². The van der Waals surface area contributed by atoms with Crippen LogP contribution in [0.1, 0.15) is 264 Å². The summed E-state index contributed by atoms with van der Waals surface area (Å²) in [5, 5.41) is 24.1. The Bertz CT molecular complexity index is 5630. The summed E-state index contributed by atoms with van der Waals surface area (Å²) in [6.07, 6.45) is 20.6. The van der Waals surface area contributed by atoms with Crippen molar-refractivity contribution in [2.45, 2.75) is 198 Å². The van der Waals surface area contributed by atoms with Gasteiger partial charge in [0.05, 0.1) is 44.8 Å². The van der Waals surface area contributed by atoms with Crippen molar-refractivity contribution in [1.29, 1.82) is 0 Å². The van der Waals surface area contributed by atoms with E-state index in [1.807, 2.05) is 195 Å². The number of aromatic nitrogens is 4. The van der Waals surface area contributed by atoms with E-state index < -0.39 is 0 Å². The number of para-hydroxylation sites is 12. The number of pyridine rings is 4. The smallest absolute Gasteiger partial charge is 0.656 e. The van der Waals surface area contributed by atoms with Gasteiger partial charge in [0.15, 0.2) is 0 Å². The Hall–Kier alpha value is -12.6. The third kappa shape index (κ3) is 27.1. The minimum atomic E-state index is 0. The molecule has 12 aromatic carbocycles. The Morgan fingerprint density at radius 3 is 0.561 bits per heavy atom. The molecule has 0 saturated heterocycles. The Morgan fingerprint density at radius 2 is 0.379 bits per heavy atom. The first-order valence-corrected chi connectivity index (χ1v) is 46.3. The van der Waals surface area contributed by atoms with E-state index in [0.717, 1.165) is 134 Å². The largest absolute Gasteiger partial charge is 2.00 e. The van der Waals surface area contributed by atoms with Gasteiger partial charge in [0.25, 0.3) is 0 Å². The van der Waals surface area contributed by atoms with E-state index in [0.29, 0.717) is 47.3 Å². The topological polar surface area (TPSA) is 157 Å². The van der Waals surface area contributed by atoms with Gasteiger partial charge in [-0.15, -0.1) is 45.5 Å². The van der Waals surface area contributed by atoms with Gasteiger partial charge in [0, 0.05) is 49.6 Å². The van der Waals surface area contributed by atoms with Crippen LogP contribution in [0, 0.1) is 0 Å². The third-order valence-electron chi connectivity index (χ3n) is 22.8. The minimum absolute atomic E-state index is 0. The second kappa shape index (κ2) is 50.7. The Kier molecular flexibility index (Phi) is 39.0. The average Bonchev–Trinajstić information content (AvgIpc) is 0.866. The first-order chi connectivity index (χ1) is 63.1. The summed E-state index contributed by atoms with van der Waals surface area (Å²) >= 11 is 0. The van der Waals surface area contributed by atoms with Crippen LogP contribution in [0.2, 0.25) is 0 Å². The number of rotatable bonds is 27. The molecule has 0 saturated carbocycles. The van der Waals surface area contributed by atoms with Crippen molar-refractivity contribution in [3.8, 4) is 0 Å². The van der Waals surface area contributed by atoms with Crippen molar-refractivity contribution in [3.63, 3.8) is 0 Å². The van der Waals surface area contributed by atoms with E-state index in [9.17, 15) is 0 Å². The van der Waals surface area contributed by atoms with Crippen LogP contribution in [0.3, 0.4) is 0 Å². The van der Waals surface area contributed by atoms with Gasteiger partial charge in [0.1, 0.15) is 0 Å². The summed E-state index contributed by atoms with van der Waals surface area (Å²) < 4.78 is 0. The van der Waals surface area contributed by atoms with Crippen molar-refractivity contribution >= 4 is 137 Å². The third-order valence-corrected chi connectivity index (χ3v) is 22.8. The van der Waals surface area contributed by atoms with Gasteiger partial charge >= 0.3 is 39.0 Å². The van der Waals surface area contributed by atoms with Crippen LogP contribution in [0.5, 0.6) is 0 Å². The first-order valence-electron chi connectivity index (χ1n) is 46.3. The minimum Gasteiger partial charge on any atom is -0.656 e. The number of hydrogen-bond acceptors (Lipinski definition) is 8. The predicted molar refractivity (Wildman–Crippen MR) is 561 cm³/mol. The molecule has 0 radical (unpaired) electrons. The molecule has 16 aromatic rings. The number of nitrogens with zero attached hydrogens (tertiary/aromatic N) is 12. The van der Waals surface area contributed by atoms with Crippen molar-refractivity contribution in [2.24, 2.45) is 20.0 Å². The van der Waals surface area contributed by atoms with Gasteiger partial charge in [0.2, 0.25) is 0 Å². The molecule has 0 unspecified atom stereocenters. The van der Waals surface area contributed by atoms with Crippen LogP contribution in [-0.2, 0) is 39.0 Å². The molecule has 132 heavy (non-hydrogen) atoms. The molecule has 0 aliphatic rings. The summed E-state index contributed by atoms with van der Waals surface area (Å²) in [6, 6.07) is 98.9. The Morgan fingerprint density at radius 1 is 0.212 bits per heavy atom. The fraction of sp³-hybridized carbons (Fsp3) is 0.254. The van der Waals surface area contributed by atoms with Gasteiger partial charge in [-0.1, -0.05) is 417 Å². The predicted octanol–water partition coefficient (Wildman–Crippen LogP) is 36.9. The molecule has 662 valence electrons. The van der Waals surface area contributed by atoms with Crippen LogP contribution in [0.25, 0.3) is 64.9 Å². The molecule has 12 nitrogen and oxygen atoms in total. The maximum Gasteiger partial charge on any atom is 2.00 e. The molecular formula is C118H126N12Zn2. The average molecular weight is 1840 g/mol. The summed E-state index contributed by atoms with van der Waals surface area (Å²) in [6.45, 7) is 39.9. The van der Waals surface area contributed by atoms with E-state index in [2.05, 4.69) is 290 Å². The molecule has 4 heterocycles. The van der Waals surface area contributed by atoms with Gasteiger partial charge < -0.3 is 21.3 Å². The molecule has 16 rings (SSSR count). The second-order valence-electron chi connectivity index (χ2n) is 35.2. The van der Waals surface area contributed by atoms with Crippen LogP contribution in [0.15, 0.2) is 336 Å². The quantitative estimate of drug-likeness (QED) is 0.0285. The van der Waals surface area contributed by atoms with Crippen LogP contribution < -0.4 is 0 Å². The first kappa shape index (κ1) is 102. The Balaban J connectivity index is 0.000000178. The summed E-state index contributed by atoms with van der Waals surface area (Å²) in [4.78, 5) is 38.1. The van der Waals surface area contributed by atoms with Gasteiger partial charge in [-0.25, -0.2) is 0 Å². The summed E-state index contributed by atoms with van der Waals surface area (Å²) in [7, 11) is 0. The molecule has 0 aliphatic carbocycles. The fourth-order valence-corrected chi connectivity index (χ4v) is 15.7. The number of unbranched alkanes of at least 4 members (excludes halogenated alkanes) is 3. The number of aliphatic imine (C=N–C) groups is 4. The SMILES string of the molecule is CC(C)c1cccc(C(C)C)c1N=Cc1ccccc1[N-]c1cccc2cccnc12.CC(C)c1cccc(C(C)C)c1N=Cc1ccccc1[N-]c1cccc2cccnc12.CC(C)c1cccc(C(C)C)c1N=Cc1ccccc1[N-]c1cccc2cccnc12.CC(C)c1cccc(C(C)C)c1N=Cc1ccccc1[N-]c1cccc2cccnc12.CCCCCC.[Zn+2].[Zn+2]. The molecule has 14 heteroatoms. The van der Waals surface area contributed by atoms with Crippen LogP contribution in [0.4, 0.5) is 68.2 Å². The zero-order valence-corrected chi connectivity index (χ0v) is 86.5. The fourth-order valence-electron chi connectivity index (χ4n) is 15.7. The molecule has 0 aliphatic heterocycles. The van der Waals surface area contributed by atoms with Gasteiger partial charge in [-0.2, -0.15) is 0 Å². The molecule has 4 aromatic heterocycles. The maximum atomic E-state index is 4.98. The zero-order valence-electron chi connectivity index (χ0n) is 80.6. The van der Waals surface area contributed by atoms with Crippen molar-refractivity contribution in [2.75, 3.05) is 0 Å². The second-order valence-corrected chi connectivity index (χ2v) is 35.2. The standard InChI is InChI=1S/4C28H28N3.C6H14.2Zn/c4*1-19(2)23-13-8-14-24(20(3)4)28(23)30-18-22-10-5-6-15-25(22)31-26-16-7-11-21-12-9-17-29-27(21)26;1-3-5-6-4-2;;/h4*5-20H,1-4H3;3-6H2,1-2H3;;/q4*-1;;2*+2. The normalized spacial score (nSPS) is 11.4. The maximum absolute atomic E-state index is 4.98. The van der Waals surface area contributed by atoms with E-state index in [4.69, 9.17) is 41.2 Å². The number of hydrogen-bond donors (Lipinski definition) is 0. The monoisotopic (exact) mass is 1840 g/mol. The number of fused-ring (bicyclic) bond motifs is 4. The molecule has 0 fully saturated rings. The van der Waals surface area contributed by atoms with Crippen LogP contribution in [-0.4, -0.2) is 44.8 Å². The van der Waals surface area contributed by atoms with E-state index in [1.54, 1.807) is 0 Å². The van der Waals surface area contributed by atoms with Crippen molar-refractivity contribution in [1.82, 2.24) is 19.9 Å². The van der Waals surface area contributed by atoms with Crippen molar-refractivity contribution < 1.29 is 39.0 Å². The molecule has 0 bridgehead atoms. The number of benzene rings is 12. The van der Waals surface area contributed by atoms with Crippen LogP contribution >= 0.6 is 0 Å². The Labute approximate surface area is 811 Å². The van der Waals surface area contributed by atoms with Gasteiger partial charge in [-0.05, 0) is 160 Å². The summed E-state index contributed by atoms with van der Waals surface area (Å²) in [5.41, 5.74) is 29.1. The molecular weight excluding hydrogens is 1720 g/mol. The molecule has 0 amide bonds. The summed E-state index contributed by atoms with van der Waals surface area (Å²) in [5.74, 6) is 3.28. The van der Waals surface area contributed by atoms with E-state index in [1.165, 1.54) is 70.2 Å². The van der Waals surface area contributed by atoms with E-state index >= 15 is 0 Å². The molecule has 0 N–H and O–H groups in total. The zero-order chi connectivity index (χ0) is 92.0.